The fourth-order valence-corrected chi connectivity index (χ4v) is 4.43. The number of rotatable bonds is 6. The summed E-state index contributed by atoms with van der Waals surface area (Å²) < 4.78 is 32.4. The van der Waals surface area contributed by atoms with Crippen LogP contribution in [0.3, 0.4) is 0 Å². The van der Waals surface area contributed by atoms with Crippen LogP contribution in [0.4, 0.5) is 0 Å². The van der Waals surface area contributed by atoms with Gasteiger partial charge in [-0.3, -0.25) is 0 Å². The largest absolute Gasteiger partial charge is 0.497 e. The van der Waals surface area contributed by atoms with E-state index in [1.807, 2.05) is 11.4 Å². The average Bonchev–Trinajstić information content (AvgIpc) is 3.09. The maximum atomic E-state index is 12.3. The molecule has 6 heteroatoms. The van der Waals surface area contributed by atoms with E-state index in [1.54, 1.807) is 42.7 Å². The zero-order valence-electron chi connectivity index (χ0n) is 11.7. The van der Waals surface area contributed by atoms with Crippen molar-refractivity contribution < 1.29 is 13.2 Å². The number of benzene rings is 1. The minimum atomic E-state index is -3.47. The van der Waals surface area contributed by atoms with Crippen LogP contribution in [0, 0.1) is 0 Å². The van der Waals surface area contributed by atoms with Gasteiger partial charge >= 0.3 is 0 Å². The quantitative estimate of drug-likeness (QED) is 0.889. The lowest BCUT2D eigenvalue weighted by Gasteiger charge is -2.14. The predicted octanol–water partition coefficient (Wildman–Crippen LogP) is 2.77. The third-order valence-electron chi connectivity index (χ3n) is 3.87. The number of methoxy groups -OCH3 is 1. The fourth-order valence-electron chi connectivity index (χ4n) is 2.31. The molecule has 0 atom stereocenters. The summed E-state index contributed by atoms with van der Waals surface area (Å²) in [4.78, 5) is 1.53. The van der Waals surface area contributed by atoms with E-state index in [2.05, 4.69) is 10.8 Å². The highest BCUT2D eigenvalue weighted by Crippen LogP contribution is 2.49. The Balaban J connectivity index is 1.72. The molecule has 1 aromatic carbocycles. The molecule has 0 spiro atoms. The molecule has 1 N–H and O–H groups in total. The second-order valence-corrected chi connectivity index (χ2v) is 7.97. The normalized spacial score (nSPS) is 16.6. The molecule has 1 saturated carbocycles. The Morgan fingerprint density at radius 2 is 1.95 bits per heavy atom. The molecule has 1 heterocycles. The highest BCUT2D eigenvalue weighted by atomic mass is 32.2. The Kier molecular flexibility index (Phi) is 3.77. The maximum absolute atomic E-state index is 12.3. The van der Waals surface area contributed by atoms with Crippen LogP contribution in [0.5, 0.6) is 5.75 Å². The van der Waals surface area contributed by atoms with Crippen LogP contribution in [-0.4, -0.2) is 22.1 Å². The van der Waals surface area contributed by atoms with Crippen molar-refractivity contribution >= 4 is 21.4 Å². The number of sulfonamides is 1. The summed E-state index contributed by atoms with van der Waals surface area (Å²) >= 11 is 1.69. The summed E-state index contributed by atoms with van der Waals surface area (Å²) in [6, 6.07) is 10.5. The van der Waals surface area contributed by atoms with E-state index in [0.717, 1.165) is 12.8 Å². The SMILES string of the molecule is COc1ccc(S(=O)(=O)NCC2(c3cccs3)CC2)cc1. The van der Waals surface area contributed by atoms with E-state index >= 15 is 0 Å². The van der Waals surface area contributed by atoms with Crippen molar-refractivity contribution in [1.29, 1.82) is 0 Å². The van der Waals surface area contributed by atoms with E-state index in [4.69, 9.17) is 4.74 Å². The molecule has 21 heavy (non-hydrogen) atoms. The van der Waals surface area contributed by atoms with Gasteiger partial charge in [-0.1, -0.05) is 6.07 Å². The average molecular weight is 323 g/mol. The predicted molar refractivity (Wildman–Crippen MR) is 83.4 cm³/mol. The summed E-state index contributed by atoms with van der Waals surface area (Å²) in [7, 11) is -1.92. The summed E-state index contributed by atoms with van der Waals surface area (Å²) in [5, 5.41) is 2.04. The highest BCUT2D eigenvalue weighted by Gasteiger charge is 2.45. The van der Waals surface area contributed by atoms with Crippen LogP contribution in [-0.2, 0) is 15.4 Å². The van der Waals surface area contributed by atoms with Gasteiger partial charge < -0.3 is 4.74 Å². The minimum absolute atomic E-state index is 0.00765. The van der Waals surface area contributed by atoms with Crippen molar-refractivity contribution in [3.8, 4) is 5.75 Å². The number of ether oxygens (including phenoxy) is 1. The highest BCUT2D eigenvalue weighted by molar-refractivity contribution is 7.89. The molecular formula is C15H17NO3S2. The van der Waals surface area contributed by atoms with Gasteiger partial charge in [0, 0.05) is 16.8 Å². The van der Waals surface area contributed by atoms with E-state index in [-0.39, 0.29) is 10.3 Å². The molecule has 0 saturated heterocycles. The van der Waals surface area contributed by atoms with Gasteiger partial charge in [0.15, 0.2) is 0 Å². The first kappa shape index (κ1) is 14.6. The molecule has 112 valence electrons. The van der Waals surface area contributed by atoms with Crippen LogP contribution >= 0.6 is 11.3 Å². The molecule has 0 radical (unpaired) electrons. The summed E-state index contributed by atoms with van der Waals surface area (Å²) in [6.45, 7) is 0.460. The molecule has 4 nitrogen and oxygen atoms in total. The molecule has 2 aromatic rings. The van der Waals surface area contributed by atoms with Crippen LogP contribution in [0.15, 0.2) is 46.7 Å². The van der Waals surface area contributed by atoms with Gasteiger partial charge in [0.2, 0.25) is 10.0 Å². The van der Waals surface area contributed by atoms with Crippen molar-refractivity contribution in [2.75, 3.05) is 13.7 Å². The lowest BCUT2D eigenvalue weighted by Crippen LogP contribution is -2.31. The molecule has 0 aliphatic heterocycles. The minimum Gasteiger partial charge on any atom is -0.497 e. The first-order valence-corrected chi connectivity index (χ1v) is 9.10. The van der Waals surface area contributed by atoms with E-state index < -0.39 is 10.0 Å². The van der Waals surface area contributed by atoms with Gasteiger partial charge in [0.1, 0.15) is 5.75 Å². The second kappa shape index (κ2) is 5.44. The third-order valence-corrected chi connectivity index (χ3v) is 6.40. The molecule has 3 rings (SSSR count). The van der Waals surface area contributed by atoms with Crippen molar-refractivity contribution in [1.82, 2.24) is 4.72 Å². The van der Waals surface area contributed by atoms with Crippen LogP contribution < -0.4 is 9.46 Å². The topological polar surface area (TPSA) is 55.4 Å². The molecule has 1 aromatic heterocycles. The first-order valence-electron chi connectivity index (χ1n) is 6.73. The van der Waals surface area contributed by atoms with Gasteiger partial charge in [-0.15, -0.1) is 11.3 Å². The molecule has 1 aliphatic rings. The summed E-state index contributed by atoms with van der Waals surface area (Å²) in [5.74, 6) is 0.645. The van der Waals surface area contributed by atoms with Gasteiger partial charge in [-0.25, -0.2) is 13.1 Å². The zero-order valence-corrected chi connectivity index (χ0v) is 13.3. The fraction of sp³-hybridized carbons (Fsp3) is 0.333. The number of hydrogen-bond donors (Lipinski definition) is 1. The van der Waals surface area contributed by atoms with Crippen LogP contribution in [0.2, 0.25) is 0 Å². The smallest absolute Gasteiger partial charge is 0.240 e. The summed E-state index contributed by atoms with van der Waals surface area (Å²) in [5.41, 5.74) is 0.00765. The second-order valence-electron chi connectivity index (χ2n) is 5.26. The number of nitrogens with one attached hydrogen (secondary N) is 1. The Bertz CT molecular complexity index is 702. The van der Waals surface area contributed by atoms with Crippen molar-refractivity contribution in [2.24, 2.45) is 0 Å². The van der Waals surface area contributed by atoms with E-state index in [0.29, 0.717) is 12.3 Å². The molecule has 1 aliphatic carbocycles. The third kappa shape index (κ3) is 2.97. The Morgan fingerprint density at radius 3 is 2.48 bits per heavy atom. The first-order chi connectivity index (χ1) is 10.1. The Labute approximate surface area is 128 Å². The van der Waals surface area contributed by atoms with Gasteiger partial charge in [-0.2, -0.15) is 0 Å². The van der Waals surface area contributed by atoms with Crippen LogP contribution in [0.25, 0.3) is 0 Å². The standard InChI is InChI=1S/C15H17NO3S2/c1-19-12-4-6-13(7-5-12)21(17,18)16-11-15(8-9-15)14-3-2-10-20-14/h2-7,10,16H,8-9,11H2,1H3. The molecular weight excluding hydrogens is 306 g/mol. The monoisotopic (exact) mass is 323 g/mol. The van der Waals surface area contributed by atoms with Gasteiger partial charge in [0.05, 0.1) is 12.0 Å². The number of thiophene rings is 1. The lowest BCUT2D eigenvalue weighted by atomic mass is 10.1. The van der Waals surface area contributed by atoms with E-state index in [1.165, 1.54) is 4.88 Å². The van der Waals surface area contributed by atoms with Crippen molar-refractivity contribution in [2.45, 2.75) is 23.2 Å². The molecule has 0 bridgehead atoms. The Morgan fingerprint density at radius 1 is 1.24 bits per heavy atom. The maximum Gasteiger partial charge on any atom is 0.240 e. The Hall–Kier alpha value is -1.37. The summed E-state index contributed by atoms with van der Waals surface area (Å²) in [6.07, 6.45) is 2.08. The number of hydrogen-bond acceptors (Lipinski definition) is 4. The van der Waals surface area contributed by atoms with Gasteiger partial charge in [-0.05, 0) is 48.6 Å². The van der Waals surface area contributed by atoms with Crippen LogP contribution in [0.1, 0.15) is 17.7 Å². The van der Waals surface area contributed by atoms with Crippen molar-refractivity contribution in [3.05, 3.63) is 46.7 Å². The van der Waals surface area contributed by atoms with Gasteiger partial charge in [0.25, 0.3) is 0 Å². The van der Waals surface area contributed by atoms with E-state index in [9.17, 15) is 8.42 Å². The molecule has 1 fully saturated rings. The lowest BCUT2D eigenvalue weighted by molar-refractivity contribution is 0.414. The zero-order chi connectivity index (χ0) is 14.9. The van der Waals surface area contributed by atoms with Crippen molar-refractivity contribution in [3.63, 3.8) is 0 Å². The molecule has 0 amide bonds. The molecule has 0 unspecified atom stereocenters.